The normalized spacial score (nSPS) is 13.5. The summed E-state index contributed by atoms with van der Waals surface area (Å²) in [5.41, 5.74) is 4.52. The van der Waals surface area contributed by atoms with E-state index in [9.17, 15) is 14.7 Å². The quantitative estimate of drug-likeness (QED) is 0.530. The van der Waals surface area contributed by atoms with Gasteiger partial charge in [0.25, 0.3) is 0 Å². The number of aryl methyl sites for hydroxylation is 1. The molecule has 3 N–H and O–H groups in total. The summed E-state index contributed by atoms with van der Waals surface area (Å²) in [6.45, 7) is 3.85. The van der Waals surface area contributed by atoms with E-state index < -0.39 is 0 Å². The zero-order valence-electron chi connectivity index (χ0n) is 17.7. The second-order valence-corrected chi connectivity index (χ2v) is 8.05. The van der Waals surface area contributed by atoms with Crippen LogP contribution in [0, 0.1) is 6.92 Å². The van der Waals surface area contributed by atoms with Gasteiger partial charge >= 0.3 is 6.03 Å². The molecule has 2 amide bonds. The van der Waals surface area contributed by atoms with Gasteiger partial charge in [-0.2, -0.15) is 9.78 Å². The number of rotatable bonds is 5. The Morgan fingerprint density at radius 2 is 1.97 bits per heavy atom. The number of hydrogen-bond donors (Lipinski definition) is 3. The topological polar surface area (TPSA) is 96.2 Å². The summed E-state index contributed by atoms with van der Waals surface area (Å²) < 4.78 is 1.42. The number of nitrogens with zero attached hydrogens (tertiary/aromatic N) is 2. The molecule has 1 fully saturated rings. The Labute approximate surface area is 181 Å². The predicted molar refractivity (Wildman–Crippen MR) is 119 cm³/mol. The Morgan fingerprint density at radius 1 is 1.16 bits per heavy atom. The highest BCUT2D eigenvalue weighted by Gasteiger charge is 2.27. The van der Waals surface area contributed by atoms with Crippen LogP contribution >= 0.6 is 0 Å². The maximum absolute atomic E-state index is 13.0. The molecule has 0 atom stereocenters. The monoisotopic (exact) mass is 418 g/mol. The lowest BCUT2D eigenvalue weighted by Gasteiger charge is -2.25. The maximum Gasteiger partial charge on any atom is 0.342 e. The highest BCUT2D eigenvalue weighted by molar-refractivity contribution is 5.90. The van der Waals surface area contributed by atoms with E-state index in [4.69, 9.17) is 0 Å². The van der Waals surface area contributed by atoms with Crippen LogP contribution in [0.4, 0.5) is 10.5 Å². The standard InChI is InChI=1S/C24H26N4O3/c1-15-5-3-6-17(11-15)14-25-24(31)28-22(18-7-4-8-18)13-21(27-28)20-12-19(26-16(2)29)9-10-23(20)30/h3,5-6,9-13,18,30H,4,7-8,14H2,1-2H3,(H,25,31)(H,26,29). The SMILES string of the molecule is CC(=O)Nc1ccc(O)c(-c2cc(C3CCC3)n(C(=O)NCc3cccc(C)c3)n2)c1. The van der Waals surface area contributed by atoms with Crippen molar-refractivity contribution in [1.82, 2.24) is 15.1 Å². The molecule has 0 aliphatic heterocycles. The molecule has 1 aliphatic rings. The number of phenols is 1. The van der Waals surface area contributed by atoms with Gasteiger partial charge in [0, 0.05) is 30.6 Å². The molecule has 0 unspecified atom stereocenters. The minimum absolute atomic E-state index is 0.0408. The highest BCUT2D eigenvalue weighted by Crippen LogP contribution is 2.39. The molecule has 3 aromatic rings. The third kappa shape index (κ3) is 4.60. The smallest absolute Gasteiger partial charge is 0.342 e. The van der Waals surface area contributed by atoms with Crippen LogP contribution in [-0.4, -0.2) is 26.8 Å². The highest BCUT2D eigenvalue weighted by atomic mass is 16.3. The van der Waals surface area contributed by atoms with Gasteiger partial charge in [-0.1, -0.05) is 36.2 Å². The van der Waals surface area contributed by atoms with E-state index in [1.807, 2.05) is 37.3 Å². The van der Waals surface area contributed by atoms with Crippen LogP contribution in [0.5, 0.6) is 5.75 Å². The fourth-order valence-electron chi connectivity index (χ4n) is 3.78. The minimum Gasteiger partial charge on any atom is -0.507 e. The summed E-state index contributed by atoms with van der Waals surface area (Å²) in [5, 5.41) is 20.6. The summed E-state index contributed by atoms with van der Waals surface area (Å²) >= 11 is 0. The zero-order valence-corrected chi connectivity index (χ0v) is 17.7. The van der Waals surface area contributed by atoms with Crippen LogP contribution in [-0.2, 0) is 11.3 Å². The number of hydrogen-bond acceptors (Lipinski definition) is 4. The molecule has 0 spiro atoms. The van der Waals surface area contributed by atoms with E-state index in [2.05, 4.69) is 15.7 Å². The van der Waals surface area contributed by atoms with E-state index in [1.165, 1.54) is 17.7 Å². The first-order valence-electron chi connectivity index (χ1n) is 10.5. The van der Waals surface area contributed by atoms with Gasteiger partial charge in [-0.3, -0.25) is 4.79 Å². The number of phenolic OH excluding ortho intramolecular Hbond substituents is 1. The maximum atomic E-state index is 13.0. The fraction of sp³-hybridized carbons (Fsp3) is 0.292. The third-order valence-electron chi connectivity index (χ3n) is 5.57. The third-order valence-corrected chi connectivity index (χ3v) is 5.57. The van der Waals surface area contributed by atoms with Gasteiger partial charge in [0.05, 0.1) is 11.4 Å². The van der Waals surface area contributed by atoms with Gasteiger partial charge in [-0.25, -0.2) is 4.79 Å². The number of carbonyl (C=O) groups excluding carboxylic acids is 2. The van der Waals surface area contributed by atoms with Crippen molar-refractivity contribution in [3.63, 3.8) is 0 Å². The van der Waals surface area contributed by atoms with Crippen molar-refractivity contribution >= 4 is 17.6 Å². The number of aromatic hydroxyl groups is 1. The summed E-state index contributed by atoms with van der Waals surface area (Å²) in [6, 6.07) is 14.4. The van der Waals surface area contributed by atoms with E-state index >= 15 is 0 Å². The summed E-state index contributed by atoms with van der Waals surface area (Å²) in [7, 11) is 0. The van der Waals surface area contributed by atoms with Crippen molar-refractivity contribution < 1.29 is 14.7 Å². The van der Waals surface area contributed by atoms with Crippen LogP contribution in [0.25, 0.3) is 11.3 Å². The Kier molecular flexibility index (Phi) is 5.75. The number of benzene rings is 2. The Hall–Kier alpha value is -3.61. The molecule has 1 heterocycles. The lowest BCUT2D eigenvalue weighted by atomic mass is 9.82. The van der Waals surface area contributed by atoms with Gasteiger partial charge in [0.1, 0.15) is 5.75 Å². The fourth-order valence-corrected chi connectivity index (χ4v) is 3.78. The molecule has 1 aliphatic carbocycles. The minimum atomic E-state index is -0.299. The zero-order chi connectivity index (χ0) is 22.0. The van der Waals surface area contributed by atoms with E-state index in [0.29, 0.717) is 23.5 Å². The predicted octanol–water partition coefficient (Wildman–Crippen LogP) is 4.55. The van der Waals surface area contributed by atoms with Crippen molar-refractivity contribution in [2.24, 2.45) is 0 Å². The van der Waals surface area contributed by atoms with Crippen molar-refractivity contribution in [2.45, 2.75) is 45.6 Å². The van der Waals surface area contributed by atoms with Gasteiger partial charge in [-0.05, 0) is 49.6 Å². The van der Waals surface area contributed by atoms with Crippen LogP contribution in [0.1, 0.15) is 48.9 Å². The average Bonchev–Trinajstić information content (AvgIpc) is 3.10. The molecule has 31 heavy (non-hydrogen) atoms. The van der Waals surface area contributed by atoms with Gasteiger partial charge in [-0.15, -0.1) is 0 Å². The number of aromatic nitrogens is 2. The van der Waals surface area contributed by atoms with Crippen molar-refractivity contribution in [1.29, 1.82) is 0 Å². The Balaban J connectivity index is 1.63. The van der Waals surface area contributed by atoms with Crippen LogP contribution in [0.2, 0.25) is 0 Å². The number of anilines is 1. The van der Waals surface area contributed by atoms with E-state index in [-0.39, 0.29) is 23.6 Å². The number of nitrogens with one attached hydrogen (secondary N) is 2. The van der Waals surface area contributed by atoms with Crippen LogP contribution < -0.4 is 10.6 Å². The average molecular weight is 418 g/mol. The van der Waals surface area contributed by atoms with E-state index in [1.54, 1.807) is 12.1 Å². The Morgan fingerprint density at radius 3 is 2.65 bits per heavy atom. The van der Waals surface area contributed by atoms with E-state index in [0.717, 1.165) is 36.1 Å². The molecule has 1 aromatic heterocycles. The molecular formula is C24H26N4O3. The summed E-state index contributed by atoms with van der Waals surface area (Å²) in [4.78, 5) is 24.4. The van der Waals surface area contributed by atoms with Crippen LogP contribution in [0.3, 0.4) is 0 Å². The second-order valence-electron chi connectivity index (χ2n) is 8.05. The molecule has 0 radical (unpaired) electrons. The summed E-state index contributed by atoms with van der Waals surface area (Å²) in [6.07, 6.45) is 3.14. The van der Waals surface area contributed by atoms with Crippen molar-refractivity contribution in [2.75, 3.05) is 5.32 Å². The molecule has 0 saturated heterocycles. The van der Waals surface area contributed by atoms with Crippen molar-refractivity contribution in [3.05, 3.63) is 65.4 Å². The van der Waals surface area contributed by atoms with Crippen molar-refractivity contribution in [3.8, 4) is 17.0 Å². The lowest BCUT2D eigenvalue weighted by molar-refractivity contribution is -0.114. The van der Waals surface area contributed by atoms with Gasteiger partial charge in [0.2, 0.25) is 5.91 Å². The molecule has 7 nitrogen and oxygen atoms in total. The first-order chi connectivity index (χ1) is 14.9. The molecular weight excluding hydrogens is 392 g/mol. The first kappa shape index (κ1) is 20.7. The molecule has 0 bridgehead atoms. The second kappa shape index (κ2) is 8.63. The molecule has 4 rings (SSSR count). The molecule has 1 saturated carbocycles. The number of amides is 2. The lowest BCUT2D eigenvalue weighted by Crippen LogP contribution is -2.31. The Bertz CT molecular complexity index is 1130. The largest absolute Gasteiger partial charge is 0.507 e. The first-order valence-corrected chi connectivity index (χ1v) is 10.5. The van der Waals surface area contributed by atoms with Crippen LogP contribution in [0.15, 0.2) is 48.5 Å². The number of carbonyl (C=O) groups is 2. The molecule has 160 valence electrons. The molecule has 2 aromatic carbocycles. The molecule has 7 heteroatoms. The summed E-state index contributed by atoms with van der Waals surface area (Å²) in [5.74, 6) is 0.110. The van der Waals surface area contributed by atoms with Gasteiger partial charge in [0.15, 0.2) is 0 Å². The van der Waals surface area contributed by atoms with Gasteiger partial charge < -0.3 is 15.7 Å².